The third-order valence-corrected chi connectivity index (χ3v) is 8.79. The number of aliphatic carboxylic acids is 1. The first kappa shape index (κ1) is 26.1. The Labute approximate surface area is 221 Å². The molecule has 1 aromatic heterocycles. The van der Waals surface area contributed by atoms with Gasteiger partial charge in [-0.3, -0.25) is 19.3 Å². The number of nitrogens with one attached hydrogen (secondary N) is 1. The van der Waals surface area contributed by atoms with E-state index in [9.17, 15) is 24.3 Å². The van der Waals surface area contributed by atoms with Crippen LogP contribution in [0.15, 0.2) is 52.8 Å². The molecule has 1 fully saturated rings. The van der Waals surface area contributed by atoms with E-state index in [4.69, 9.17) is 17.3 Å². The molecule has 0 aliphatic carbocycles. The summed E-state index contributed by atoms with van der Waals surface area (Å²) in [5.74, 6) is -2.48. The summed E-state index contributed by atoms with van der Waals surface area (Å²) in [5.41, 5.74) is 7.72. The highest BCUT2D eigenvalue weighted by Gasteiger charge is 2.53. The van der Waals surface area contributed by atoms with Gasteiger partial charge in [0.1, 0.15) is 17.0 Å². The number of carbonyl (C=O) groups excluding carboxylic acids is 4. The van der Waals surface area contributed by atoms with Crippen LogP contribution in [0.3, 0.4) is 0 Å². The lowest BCUT2D eigenvalue weighted by molar-refractivity contribution is -0.689. The van der Waals surface area contributed by atoms with Gasteiger partial charge in [-0.1, -0.05) is 11.6 Å². The van der Waals surface area contributed by atoms with Crippen LogP contribution in [0.5, 0.6) is 0 Å². The van der Waals surface area contributed by atoms with Crippen LogP contribution >= 0.6 is 35.1 Å². The average molecular weight is 547 g/mol. The number of hydrogen-bond acceptors (Lipinski definition) is 7. The molecule has 4 rings (SSSR count). The molecule has 12 heteroatoms. The summed E-state index contributed by atoms with van der Waals surface area (Å²) in [6.45, 7) is 3.93. The predicted octanol–water partition coefficient (Wildman–Crippen LogP) is 0.539. The summed E-state index contributed by atoms with van der Waals surface area (Å²) in [5, 5.41) is 14.8. The number of fused-ring (bicyclic) bond motifs is 1. The zero-order chi connectivity index (χ0) is 26.1. The molecule has 0 radical (unpaired) electrons. The number of aromatic nitrogens is 1. The number of halogens is 1. The molecule has 0 unspecified atom stereocenters. The predicted molar refractivity (Wildman–Crippen MR) is 134 cm³/mol. The lowest BCUT2D eigenvalue weighted by atomic mass is 10.0. The van der Waals surface area contributed by atoms with Crippen molar-refractivity contribution in [2.75, 3.05) is 11.5 Å². The summed E-state index contributed by atoms with van der Waals surface area (Å²) in [6.07, 6.45) is 3.19. The molecule has 2 aromatic rings. The maximum Gasteiger partial charge on any atom is 0.254 e. The molecule has 2 aliphatic heterocycles. The van der Waals surface area contributed by atoms with Crippen molar-refractivity contribution in [1.29, 1.82) is 0 Å². The van der Waals surface area contributed by atoms with Gasteiger partial charge in [0.15, 0.2) is 18.9 Å². The van der Waals surface area contributed by atoms with Crippen molar-refractivity contribution in [2.24, 2.45) is 5.73 Å². The van der Waals surface area contributed by atoms with E-state index in [1.54, 1.807) is 22.9 Å². The van der Waals surface area contributed by atoms with Crippen molar-refractivity contribution in [3.63, 3.8) is 0 Å². The van der Waals surface area contributed by atoms with E-state index in [2.05, 4.69) is 5.32 Å². The van der Waals surface area contributed by atoms with Crippen molar-refractivity contribution < 1.29 is 28.9 Å². The molecule has 2 atom stereocenters. The van der Waals surface area contributed by atoms with Crippen molar-refractivity contribution in [2.45, 2.75) is 36.7 Å². The monoisotopic (exact) mass is 546 g/mol. The van der Waals surface area contributed by atoms with E-state index in [0.717, 1.165) is 16.0 Å². The van der Waals surface area contributed by atoms with Gasteiger partial charge in [0.25, 0.3) is 11.8 Å². The second kappa shape index (κ2) is 10.5. The number of carbonyl (C=O) groups is 4. The Morgan fingerprint density at radius 1 is 1.31 bits per heavy atom. The Kier molecular flexibility index (Phi) is 7.62. The lowest BCUT2D eigenvalue weighted by Gasteiger charge is -2.50. The number of β-lactam (4-membered cyclic amide) rings is 1. The standard InChI is InChI=1S/C24H23ClN4O5S2/c1-12-7-17(13(2)6-16(12)25)35-11-18(30)27-19-22(32)29-20(24(33)34)15(10-36-23(19)29)9-28-5-3-4-14(8-28)21(26)31/h3-8,19,23H,9-11H2,1-2H3,(H3-,26,27,30,31,33,34)/t19-,23-/m1/s1. The number of aryl methyl sites for hydroxylation is 2. The SMILES string of the molecule is Cc1cc(SCC(=O)N[C@@H]2C(=O)N3C(C(=O)[O-])=C(C[n+]4cccc(C(N)=O)c4)CS[C@H]23)c(C)cc1Cl. The number of nitrogens with two attached hydrogens (primary N) is 1. The number of hydrogen-bond donors (Lipinski definition) is 2. The molecule has 1 aromatic carbocycles. The van der Waals surface area contributed by atoms with E-state index in [-0.39, 0.29) is 29.5 Å². The maximum absolute atomic E-state index is 12.9. The van der Waals surface area contributed by atoms with Gasteiger partial charge in [0.2, 0.25) is 5.91 Å². The van der Waals surface area contributed by atoms with E-state index >= 15 is 0 Å². The summed E-state index contributed by atoms with van der Waals surface area (Å²) in [4.78, 5) is 51.0. The zero-order valence-electron chi connectivity index (χ0n) is 19.4. The summed E-state index contributed by atoms with van der Waals surface area (Å²) in [6, 6.07) is 6.12. The molecular weight excluding hydrogens is 524 g/mol. The van der Waals surface area contributed by atoms with Gasteiger partial charge in [0, 0.05) is 27.3 Å². The lowest BCUT2D eigenvalue weighted by Crippen LogP contribution is -2.71. The van der Waals surface area contributed by atoms with Crippen molar-refractivity contribution >= 4 is 58.8 Å². The number of carboxylic acid groups (broad SMARTS) is 1. The first-order chi connectivity index (χ1) is 17.1. The first-order valence-corrected chi connectivity index (χ1v) is 13.3. The van der Waals surface area contributed by atoms with Crippen LogP contribution in [0.1, 0.15) is 21.5 Å². The van der Waals surface area contributed by atoms with Crippen LogP contribution < -0.4 is 20.7 Å². The van der Waals surface area contributed by atoms with Crippen LogP contribution in [0.2, 0.25) is 5.02 Å². The number of amides is 3. The molecule has 9 nitrogen and oxygen atoms in total. The Hall–Kier alpha value is -3.02. The van der Waals surface area contributed by atoms with E-state index in [1.165, 1.54) is 34.6 Å². The molecule has 3 heterocycles. The number of primary amides is 1. The molecule has 0 saturated carbocycles. The number of thioether (sulfide) groups is 2. The maximum atomic E-state index is 12.9. The topological polar surface area (TPSA) is 137 Å². The highest BCUT2D eigenvalue weighted by molar-refractivity contribution is 8.00. The third kappa shape index (κ3) is 5.23. The minimum atomic E-state index is -1.47. The number of benzene rings is 1. The minimum Gasteiger partial charge on any atom is -0.543 e. The number of rotatable bonds is 8. The highest BCUT2D eigenvalue weighted by atomic mass is 35.5. The smallest absolute Gasteiger partial charge is 0.254 e. The number of carboxylic acids is 1. The second-order valence-corrected chi connectivity index (χ2v) is 11.0. The summed E-state index contributed by atoms with van der Waals surface area (Å²) < 4.78 is 1.63. The molecule has 36 heavy (non-hydrogen) atoms. The quantitative estimate of drug-likeness (QED) is 0.280. The van der Waals surface area contributed by atoms with Gasteiger partial charge in [-0.2, -0.15) is 0 Å². The van der Waals surface area contributed by atoms with Crippen LogP contribution in [-0.4, -0.2) is 51.5 Å². The summed E-state index contributed by atoms with van der Waals surface area (Å²) in [7, 11) is 0. The molecule has 0 spiro atoms. The van der Waals surface area contributed by atoms with E-state index in [0.29, 0.717) is 16.3 Å². The fraction of sp³-hybridized carbons (Fsp3) is 0.292. The largest absolute Gasteiger partial charge is 0.543 e. The first-order valence-electron chi connectivity index (χ1n) is 10.9. The van der Waals surface area contributed by atoms with Crippen LogP contribution in [0, 0.1) is 13.8 Å². The molecular formula is C24H23ClN4O5S2. The number of nitrogens with zero attached hydrogens (tertiary/aromatic N) is 2. The van der Waals surface area contributed by atoms with Gasteiger partial charge in [-0.25, -0.2) is 4.57 Å². The molecule has 0 bridgehead atoms. The Balaban J connectivity index is 1.43. The minimum absolute atomic E-state index is 0.102. The Morgan fingerprint density at radius 3 is 2.75 bits per heavy atom. The van der Waals surface area contributed by atoms with Crippen molar-refractivity contribution in [1.82, 2.24) is 10.2 Å². The van der Waals surface area contributed by atoms with Crippen molar-refractivity contribution in [3.8, 4) is 0 Å². The van der Waals surface area contributed by atoms with E-state index < -0.39 is 29.2 Å². The van der Waals surface area contributed by atoms with Gasteiger partial charge >= 0.3 is 0 Å². The van der Waals surface area contributed by atoms with Crippen LogP contribution in [0.4, 0.5) is 0 Å². The fourth-order valence-electron chi connectivity index (χ4n) is 4.05. The fourth-order valence-corrected chi connectivity index (χ4v) is 6.52. The van der Waals surface area contributed by atoms with Gasteiger partial charge in [0.05, 0.1) is 17.4 Å². The molecule has 1 saturated heterocycles. The Morgan fingerprint density at radius 2 is 2.06 bits per heavy atom. The van der Waals surface area contributed by atoms with Gasteiger partial charge < -0.3 is 21.0 Å². The van der Waals surface area contributed by atoms with Gasteiger partial charge in [-0.15, -0.1) is 23.5 Å². The third-order valence-electron chi connectivity index (χ3n) is 5.89. The summed E-state index contributed by atoms with van der Waals surface area (Å²) >= 11 is 8.84. The van der Waals surface area contributed by atoms with Gasteiger partial charge in [-0.05, 0) is 43.2 Å². The molecule has 188 valence electrons. The molecule has 3 N–H and O–H groups in total. The molecule has 3 amide bonds. The van der Waals surface area contributed by atoms with Crippen LogP contribution in [0.25, 0.3) is 0 Å². The highest BCUT2D eigenvalue weighted by Crippen LogP contribution is 2.40. The average Bonchev–Trinajstić information content (AvgIpc) is 2.83. The second-order valence-electron chi connectivity index (χ2n) is 8.48. The van der Waals surface area contributed by atoms with Crippen LogP contribution in [-0.2, 0) is 20.9 Å². The number of pyridine rings is 1. The zero-order valence-corrected chi connectivity index (χ0v) is 21.8. The Bertz CT molecular complexity index is 1320. The normalized spacial score (nSPS) is 19.0. The van der Waals surface area contributed by atoms with E-state index in [1.807, 2.05) is 26.0 Å². The molecule has 2 aliphatic rings. The van der Waals surface area contributed by atoms with Crippen molar-refractivity contribution in [3.05, 3.63) is 69.6 Å².